The third-order valence-corrected chi connectivity index (χ3v) is 2.38. The van der Waals surface area contributed by atoms with Crippen LogP contribution in [-0.2, 0) is 6.42 Å². The average Bonchev–Trinajstić information content (AvgIpc) is 2.54. The average molecular weight is 200 g/mol. The van der Waals surface area contributed by atoms with E-state index in [4.69, 9.17) is 0 Å². The first-order chi connectivity index (χ1) is 7.24. The molecule has 0 bridgehead atoms. The van der Waals surface area contributed by atoms with Gasteiger partial charge in [-0.15, -0.1) is 0 Å². The molecule has 0 N–H and O–H groups in total. The lowest BCUT2D eigenvalue weighted by Crippen LogP contribution is -1.77. The Labute approximate surface area is 93.3 Å². The number of hydrogen-bond donors (Lipinski definition) is 0. The van der Waals surface area contributed by atoms with Gasteiger partial charge in [0.1, 0.15) is 0 Å². The van der Waals surface area contributed by atoms with E-state index in [0.29, 0.717) is 0 Å². The van der Waals surface area contributed by atoms with E-state index in [0.717, 1.165) is 6.42 Å². The quantitative estimate of drug-likeness (QED) is 0.573. The van der Waals surface area contributed by atoms with Crippen LogP contribution in [0.1, 0.15) is 38.3 Å². The van der Waals surface area contributed by atoms with Gasteiger partial charge in [0, 0.05) is 0 Å². The smallest absolute Gasteiger partial charge is 0.00195 e. The molecule has 0 amide bonds. The lowest BCUT2D eigenvalue weighted by Gasteiger charge is -1.98. The van der Waals surface area contributed by atoms with Crippen LogP contribution in [0.2, 0.25) is 0 Å². The Balaban J connectivity index is 0.000000337. The highest BCUT2D eigenvalue weighted by molar-refractivity contribution is 5.85. The van der Waals surface area contributed by atoms with Gasteiger partial charge in [0.25, 0.3) is 0 Å². The van der Waals surface area contributed by atoms with Crippen molar-refractivity contribution >= 4 is 5.57 Å². The fraction of sp³-hybridized carbons (Fsp3) is 0.333. The highest BCUT2D eigenvalue weighted by Gasteiger charge is 2.17. The molecule has 0 aromatic heterocycles. The van der Waals surface area contributed by atoms with Gasteiger partial charge in [0.05, 0.1) is 0 Å². The first-order valence-electron chi connectivity index (χ1n) is 5.67. The number of fused-ring (bicyclic) bond motifs is 1. The third kappa shape index (κ3) is 2.59. The minimum atomic E-state index is 1.02. The molecule has 2 rings (SSSR count). The summed E-state index contributed by atoms with van der Waals surface area (Å²) in [4.78, 5) is 0. The third-order valence-electron chi connectivity index (χ3n) is 2.38. The first-order valence-corrected chi connectivity index (χ1v) is 5.67. The zero-order valence-corrected chi connectivity index (χ0v) is 10.0. The largest absolute Gasteiger partial charge is 0.0949 e. The van der Waals surface area contributed by atoms with Gasteiger partial charge >= 0.3 is 0 Å². The van der Waals surface area contributed by atoms with Crippen molar-refractivity contribution in [3.05, 3.63) is 53.6 Å². The zero-order chi connectivity index (χ0) is 11.3. The number of hydrogen-bond acceptors (Lipinski definition) is 0. The van der Waals surface area contributed by atoms with Crippen molar-refractivity contribution in [2.24, 2.45) is 0 Å². The van der Waals surface area contributed by atoms with E-state index in [1.807, 2.05) is 0 Å². The van der Waals surface area contributed by atoms with Gasteiger partial charge in [-0.25, -0.2) is 0 Å². The monoisotopic (exact) mass is 200 g/mol. The van der Waals surface area contributed by atoms with Crippen LogP contribution < -0.4 is 0 Å². The Hall–Kier alpha value is -1.30. The molecule has 0 aliphatic heterocycles. The van der Waals surface area contributed by atoms with Crippen LogP contribution >= 0.6 is 0 Å². The molecule has 0 nitrogen and oxygen atoms in total. The highest BCUT2D eigenvalue weighted by Crippen LogP contribution is 2.34. The van der Waals surface area contributed by atoms with Gasteiger partial charge in [-0.3, -0.25) is 0 Å². The fourth-order valence-electron chi connectivity index (χ4n) is 1.81. The molecule has 0 unspecified atom stereocenters. The Morgan fingerprint density at radius 1 is 1.27 bits per heavy atom. The maximum absolute atomic E-state index is 4.05. The predicted octanol–water partition coefficient (Wildman–Crippen LogP) is 4.62. The number of benzene rings is 1. The van der Waals surface area contributed by atoms with Crippen molar-refractivity contribution in [2.75, 3.05) is 0 Å². The van der Waals surface area contributed by atoms with E-state index in [1.54, 1.807) is 0 Å². The van der Waals surface area contributed by atoms with Crippen LogP contribution in [0.3, 0.4) is 0 Å². The summed E-state index contributed by atoms with van der Waals surface area (Å²) in [7, 11) is 0. The molecule has 0 atom stereocenters. The van der Waals surface area contributed by atoms with Gasteiger partial charge < -0.3 is 0 Å². The first kappa shape index (κ1) is 11.8. The van der Waals surface area contributed by atoms with E-state index < -0.39 is 0 Å². The van der Waals surface area contributed by atoms with Crippen molar-refractivity contribution in [3.63, 3.8) is 0 Å². The summed E-state index contributed by atoms with van der Waals surface area (Å²) in [5, 5.41) is 0. The number of allylic oxidation sites excluding steroid dienone is 3. The van der Waals surface area contributed by atoms with Crippen LogP contribution in [0, 0.1) is 0 Å². The summed E-state index contributed by atoms with van der Waals surface area (Å²) < 4.78 is 0. The Morgan fingerprint density at radius 3 is 2.47 bits per heavy atom. The second kappa shape index (κ2) is 5.55. The molecular weight excluding hydrogens is 180 g/mol. The molecule has 15 heavy (non-hydrogen) atoms. The van der Waals surface area contributed by atoms with Gasteiger partial charge in [-0.05, 0) is 35.6 Å². The molecule has 0 heterocycles. The topological polar surface area (TPSA) is 0 Å². The molecule has 0 spiro atoms. The maximum Gasteiger partial charge on any atom is -0.00195 e. The fourth-order valence-corrected chi connectivity index (χ4v) is 1.81. The second-order valence-electron chi connectivity index (χ2n) is 3.85. The lowest BCUT2D eigenvalue weighted by molar-refractivity contribution is 1.09. The van der Waals surface area contributed by atoms with Crippen LogP contribution in [0.4, 0.5) is 0 Å². The lowest BCUT2D eigenvalue weighted by atomic mass is 10.1. The molecule has 1 aromatic rings. The van der Waals surface area contributed by atoms with Crippen molar-refractivity contribution < 1.29 is 0 Å². The summed E-state index contributed by atoms with van der Waals surface area (Å²) in [5.74, 6) is 0. The molecule has 0 heteroatoms. The summed E-state index contributed by atoms with van der Waals surface area (Å²) in [6.07, 6.45) is 4.42. The molecular formula is C15H20. The van der Waals surface area contributed by atoms with Crippen molar-refractivity contribution in [2.45, 2.75) is 33.6 Å². The van der Waals surface area contributed by atoms with Gasteiger partial charge in [0.15, 0.2) is 0 Å². The van der Waals surface area contributed by atoms with Gasteiger partial charge in [0.2, 0.25) is 0 Å². The minimum Gasteiger partial charge on any atom is -0.0949 e. The van der Waals surface area contributed by atoms with Gasteiger partial charge in [-0.2, -0.15) is 0 Å². The number of rotatable bonds is 0. The Kier molecular flexibility index (Phi) is 4.36. The van der Waals surface area contributed by atoms with E-state index in [-0.39, 0.29) is 0 Å². The summed E-state index contributed by atoms with van der Waals surface area (Å²) >= 11 is 0. The molecule has 0 saturated carbocycles. The highest BCUT2D eigenvalue weighted by atomic mass is 14.2. The molecule has 1 aromatic carbocycles. The van der Waals surface area contributed by atoms with Crippen molar-refractivity contribution in [1.29, 1.82) is 0 Å². The SMILES string of the molecule is C=C1Cc2ccccc2/C1=C/C.CCC. The summed E-state index contributed by atoms with van der Waals surface area (Å²) in [6, 6.07) is 8.52. The van der Waals surface area contributed by atoms with Gasteiger partial charge in [-0.1, -0.05) is 57.2 Å². The van der Waals surface area contributed by atoms with Crippen molar-refractivity contribution in [3.8, 4) is 0 Å². The van der Waals surface area contributed by atoms with E-state index in [1.165, 1.54) is 28.7 Å². The van der Waals surface area contributed by atoms with Crippen LogP contribution in [0.5, 0.6) is 0 Å². The van der Waals surface area contributed by atoms with E-state index >= 15 is 0 Å². The molecule has 1 aliphatic carbocycles. The molecule has 0 saturated heterocycles. The minimum absolute atomic E-state index is 1.02. The summed E-state index contributed by atoms with van der Waals surface area (Å²) in [5.41, 5.74) is 5.35. The van der Waals surface area contributed by atoms with Crippen LogP contribution in [0.15, 0.2) is 42.5 Å². The van der Waals surface area contributed by atoms with Crippen LogP contribution in [-0.4, -0.2) is 0 Å². The normalized spacial score (nSPS) is 15.9. The summed E-state index contributed by atoms with van der Waals surface area (Å²) in [6.45, 7) is 10.4. The van der Waals surface area contributed by atoms with E-state index in [2.05, 4.69) is 57.7 Å². The Morgan fingerprint density at radius 2 is 1.87 bits per heavy atom. The van der Waals surface area contributed by atoms with E-state index in [9.17, 15) is 0 Å². The Bertz CT molecular complexity index is 369. The van der Waals surface area contributed by atoms with Crippen molar-refractivity contribution in [1.82, 2.24) is 0 Å². The second-order valence-corrected chi connectivity index (χ2v) is 3.85. The molecule has 80 valence electrons. The van der Waals surface area contributed by atoms with Crippen LogP contribution in [0.25, 0.3) is 5.57 Å². The molecule has 1 aliphatic rings. The standard InChI is InChI=1S/C12H12.C3H8/c1-3-11-9(2)8-10-6-4-5-7-12(10)11;1-3-2/h3-7H,2,8H2,1H3;3H2,1-2H3/b11-3+;. The maximum atomic E-state index is 4.05. The zero-order valence-electron chi connectivity index (χ0n) is 10.0. The molecule has 0 radical (unpaired) electrons. The molecule has 0 fully saturated rings. The predicted molar refractivity (Wildman–Crippen MR) is 68.9 cm³/mol.